The van der Waals surface area contributed by atoms with Crippen LogP contribution in [0.3, 0.4) is 0 Å². The van der Waals surface area contributed by atoms with Crippen LogP contribution in [0.1, 0.15) is 39.3 Å². The first-order chi connectivity index (χ1) is 9.14. The molecule has 0 saturated carbocycles. The van der Waals surface area contributed by atoms with Gasteiger partial charge in [-0.2, -0.15) is 5.10 Å². The van der Waals surface area contributed by atoms with Crippen molar-refractivity contribution in [3.8, 4) is 12.3 Å². The minimum absolute atomic E-state index is 0.412. The molecule has 0 amide bonds. The summed E-state index contributed by atoms with van der Waals surface area (Å²) in [6, 6.07) is 1.99. The average molecular weight is 294 g/mol. The lowest BCUT2D eigenvalue weighted by molar-refractivity contribution is 0.810. The number of hydrogen-bond donors (Lipinski definition) is 1. The summed E-state index contributed by atoms with van der Waals surface area (Å²) >= 11 is 0. The third-order valence-corrected chi connectivity index (χ3v) is 3.11. The van der Waals surface area contributed by atoms with Crippen LogP contribution in [0.2, 0.25) is 19.6 Å². The van der Waals surface area contributed by atoms with Crippen LogP contribution in [0.5, 0.6) is 0 Å². The second-order valence-corrected chi connectivity index (χ2v) is 11.8. The van der Waals surface area contributed by atoms with E-state index in [0.29, 0.717) is 18.0 Å². The normalized spacial score (nSPS) is 9.75. The molecule has 20 heavy (non-hydrogen) atoms. The topological polar surface area (TPSA) is 56.8 Å². The summed E-state index contributed by atoms with van der Waals surface area (Å²) in [6.07, 6.45) is 7.35. The van der Waals surface area contributed by atoms with E-state index < -0.39 is 8.07 Å². The van der Waals surface area contributed by atoms with Gasteiger partial charge in [-0.25, -0.2) is 0 Å². The smallest absolute Gasteiger partial charge is 0.282 e. The van der Waals surface area contributed by atoms with Crippen LogP contribution in [0.4, 0.5) is 0 Å². The Morgan fingerprint density at radius 3 is 1.95 bits per heavy atom. The van der Waals surface area contributed by atoms with Crippen molar-refractivity contribution in [1.29, 1.82) is 5.39 Å². The molecule has 1 aromatic rings. The minimum Gasteiger partial charge on any atom is -0.282 e. The number of H-pyrrole nitrogens is 1. The molecule has 0 unspecified atom stereocenters. The van der Waals surface area contributed by atoms with Crippen molar-refractivity contribution in [1.82, 2.24) is 10.2 Å². The zero-order valence-corrected chi connectivity index (χ0v) is 14.9. The molecular formula is C15H29N4Si+. The Morgan fingerprint density at radius 1 is 1.35 bits per heavy atom. The number of rotatable bonds is 2. The number of hydrogen-bond acceptors (Lipinski definition) is 2. The fraction of sp³-hybridized carbons (Fsp3) is 0.667. The third-order valence-electron chi connectivity index (χ3n) is 2.02. The van der Waals surface area contributed by atoms with Crippen LogP contribution in [-0.4, -0.2) is 24.4 Å². The highest BCUT2D eigenvalue weighted by molar-refractivity contribution is 6.76. The lowest BCUT2D eigenvalue weighted by atomic mass is 10.1. The number of nitrogens with one attached hydrogen (secondary N) is 1. The molecule has 0 fully saturated rings. The number of diazo groups is 1. The van der Waals surface area contributed by atoms with Gasteiger partial charge in [0, 0.05) is 17.8 Å². The van der Waals surface area contributed by atoms with Gasteiger partial charge in [0.15, 0.2) is 8.07 Å². The molecule has 0 aliphatic rings. The molecule has 112 valence electrons. The van der Waals surface area contributed by atoms with Crippen LogP contribution < -0.4 is 0 Å². The molecule has 1 N–H and O–H groups in total. The molecule has 4 nitrogen and oxygen atoms in total. The van der Waals surface area contributed by atoms with Crippen LogP contribution in [0, 0.1) is 23.7 Å². The van der Waals surface area contributed by atoms with E-state index in [-0.39, 0.29) is 0 Å². The maximum absolute atomic E-state index is 8.06. The Morgan fingerprint density at radius 2 is 1.85 bits per heavy atom. The van der Waals surface area contributed by atoms with Crippen LogP contribution in [0.15, 0.2) is 12.3 Å². The molecular weight excluding hydrogens is 264 g/mol. The molecule has 0 aliphatic heterocycles. The Bertz CT molecular complexity index is 403. The van der Waals surface area contributed by atoms with Gasteiger partial charge < -0.3 is 0 Å². The van der Waals surface area contributed by atoms with Crippen molar-refractivity contribution in [3.05, 3.63) is 22.9 Å². The Hall–Kier alpha value is -1.59. The highest BCUT2D eigenvalue weighted by atomic mass is 28.3. The van der Waals surface area contributed by atoms with Crippen molar-refractivity contribution in [2.75, 3.05) is 6.17 Å². The summed E-state index contributed by atoms with van der Waals surface area (Å²) < 4.78 is 0. The highest BCUT2D eigenvalue weighted by Crippen LogP contribution is 2.07. The first-order valence-corrected chi connectivity index (χ1v) is 10.6. The zero-order chi connectivity index (χ0) is 16.2. The first kappa shape index (κ1) is 20.7. The van der Waals surface area contributed by atoms with Gasteiger partial charge in [-0.1, -0.05) is 47.3 Å². The summed E-state index contributed by atoms with van der Waals surface area (Å²) in [5.41, 5.74) is 1.20. The van der Waals surface area contributed by atoms with Gasteiger partial charge in [-0.3, -0.25) is 5.10 Å². The maximum Gasteiger partial charge on any atom is 0.282 e. The van der Waals surface area contributed by atoms with E-state index in [1.807, 2.05) is 19.9 Å². The summed E-state index contributed by atoms with van der Waals surface area (Å²) in [5.74, 6) is 3.51. The van der Waals surface area contributed by atoms with E-state index in [2.05, 4.69) is 54.6 Å². The Labute approximate surface area is 125 Å². The molecule has 0 aromatic carbocycles. The fourth-order valence-electron chi connectivity index (χ4n) is 0.800. The van der Waals surface area contributed by atoms with Crippen LogP contribution in [-0.2, 0) is 0 Å². The van der Waals surface area contributed by atoms with Crippen molar-refractivity contribution >= 4 is 8.07 Å². The molecule has 0 spiro atoms. The second-order valence-electron chi connectivity index (χ2n) is 6.35. The second kappa shape index (κ2) is 11.3. The average Bonchev–Trinajstić information content (AvgIpc) is 2.82. The van der Waals surface area contributed by atoms with Crippen molar-refractivity contribution in [3.63, 3.8) is 0 Å². The summed E-state index contributed by atoms with van der Waals surface area (Å²) in [5, 5.41) is 14.8. The van der Waals surface area contributed by atoms with E-state index >= 15 is 0 Å². The molecule has 0 aliphatic carbocycles. The van der Waals surface area contributed by atoms with Gasteiger partial charge in [-0.15, -0.1) is 12.3 Å². The van der Waals surface area contributed by atoms with Gasteiger partial charge in [0.1, 0.15) is 4.98 Å². The quantitative estimate of drug-likeness (QED) is 0.495. The van der Waals surface area contributed by atoms with E-state index in [1.165, 1.54) is 5.69 Å². The Balaban J connectivity index is 0. The zero-order valence-electron chi connectivity index (χ0n) is 13.9. The van der Waals surface area contributed by atoms with Crippen molar-refractivity contribution < 1.29 is 0 Å². The van der Waals surface area contributed by atoms with Crippen molar-refractivity contribution in [2.45, 2.75) is 53.3 Å². The van der Waals surface area contributed by atoms with Crippen LogP contribution >= 0.6 is 0 Å². The third kappa shape index (κ3) is 16.4. The molecule has 1 heterocycles. The predicted molar refractivity (Wildman–Crippen MR) is 89.6 cm³/mol. The summed E-state index contributed by atoms with van der Waals surface area (Å²) in [7, 11) is -1.07. The monoisotopic (exact) mass is 293 g/mol. The van der Waals surface area contributed by atoms with E-state index in [4.69, 9.17) is 11.8 Å². The lowest BCUT2D eigenvalue weighted by Crippen LogP contribution is -2.23. The predicted octanol–water partition coefficient (Wildman–Crippen LogP) is 4.53. The summed E-state index contributed by atoms with van der Waals surface area (Å²) in [4.78, 5) is 3.07. The highest BCUT2D eigenvalue weighted by Gasteiger charge is 2.20. The molecule has 0 bridgehead atoms. The van der Waals surface area contributed by atoms with Crippen LogP contribution in [0.25, 0.3) is 4.98 Å². The van der Waals surface area contributed by atoms with Gasteiger partial charge in [0.2, 0.25) is 5.39 Å². The Kier molecular flexibility index (Phi) is 11.7. The number of aromatic amines is 1. The number of nitrogens with zero attached hydrogens (tertiary/aromatic N) is 3. The van der Waals surface area contributed by atoms with Gasteiger partial charge in [0.05, 0.1) is 0 Å². The molecule has 1 rings (SSSR count). The number of terminal acetylenes is 1. The SMILES string of the molecule is C#CC(C)C.CC(C)c1ccn[nH]1.C[Si](C)(C)C[N+]#N. The van der Waals surface area contributed by atoms with E-state index in [9.17, 15) is 0 Å². The van der Waals surface area contributed by atoms with Gasteiger partial charge in [0.25, 0.3) is 6.17 Å². The largest absolute Gasteiger partial charge is 0.282 e. The molecule has 5 heteroatoms. The van der Waals surface area contributed by atoms with Crippen molar-refractivity contribution in [2.24, 2.45) is 5.92 Å². The maximum atomic E-state index is 8.06. The lowest BCUT2D eigenvalue weighted by Gasteiger charge is -1.98. The van der Waals surface area contributed by atoms with Gasteiger partial charge >= 0.3 is 0 Å². The van der Waals surface area contributed by atoms with E-state index in [1.54, 1.807) is 6.20 Å². The molecule has 0 atom stereocenters. The van der Waals surface area contributed by atoms with E-state index in [0.717, 1.165) is 0 Å². The molecule has 0 radical (unpaired) electrons. The number of aromatic nitrogens is 2. The minimum atomic E-state index is -1.07. The summed E-state index contributed by atoms with van der Waals surface area (Å²) in [6.45, 7) is 14.7. The first-order valence-electron chi connectivity index (χ1n) is 6.90. The molecule has 0 saturated heterocycles. The standard InChI is InChI=1S/C6H10N2.C5H8.C4H11N2Si/c1-5(2)6-3-4-7-8-6;1-4-5(2)3;1-7(2,3)4-6-5/h3-5H,1-2H3,(H,7,8);1,5H,2-3H3;4H2,1-3H3/q;;+1. The fourth-order valence-corrected chi connectivity index (χ4v) is 1.22. The molecule has 1 aromatic heterocycles. The van der Waals surface area contributed by atoms with Gasteiger partial charge in [-0.05, 0) is 12.0 Å².